The molecule has 2 heterocycles. The van der Waals surface area contributed by atoms with Crippen LogP contribution in [0.5, 0.6) is 0 Å². The second-order valence-corrected chi connectivity index (χ2v) is 9.12. The van der Waals surface area contributed by atoms with Gasteiger partial charge in [-0.1, -0.05) is 75.4 Å². The number of aromatic nitrogens is 1. The van der Waals surface area contributed by atoms with Gasteiger partial charge < -0.3 is 4.42 Å². The Morgan fingerprint density at radius 2 is 1.53 bits per heavy atom. The second kappa shape index (κ2) is 7.14. The topological polar surface area (TPSA) is 26.0 Å². The molecule has 2 heteroatoms. The Kier molecular flexibility index (Phi) is 4.43. The Bertz CT molecular complexity index is 1340. The Morgan fingerprint density at radius 1 is 0.800 bits per heavy atom. The molecule has 3 aromatic carbocycles. The normalized spacial score (nSPS) is 12.0. The highest BCUT2D eigenvalue weighted by Gasteiger charge is 2.18. The summed E-state index contributed by atoms with van der Waals surface area (Å²) in [4.78, 5) is 4.70. The molecule has 2 aromatic heterocycles. The zero-order valence-corrected chi connectivity index (χ0v) is 17.6. The molecule has 5 rings (SSSR count). The highest BCUT2D eigenvalue weighted by molar-refractivity contribution is 6.16. The quantitative estimate of drug-likeness (QED) is 0.312. The molecule has 0 aliphatic rings. The summed E-state index contributed by atoms with van der Waals surface area (Å²) in [6.45, 7) is 6.79. The predicted molar refractivity (Wildman–Crippen MR) is 126 cm³/mol. The van der Waals surface area contributed by atoms with Gasteiger partial charge in [-0.3, -0.25) is 4.98 Å². The van der Waals surface area contributed by atoms with E-state index in [0.717, 1.165) is 39.6 Å². The Hall–Kier alpha value is -3.39. The van der Waals surface area contributed by atoms with Gasteiger partial charge >= 0.3 is 0 Å². The maximum absolute atomic E-state index is 6.40. The van der Waals surface area contributed by atoms with Crippen molar-refractivity contribution in [3.8, 4) is 22.4 Å². The number of hydrogen-bond acceptors (Lipinski definition) is 2. The first kappa shape index (κ1) is 18.6. The van der Waals surface area contributed by atoms with Gasteiger partial charge in [0.25, 0.3) is 0 Å². The number of furan rings is 1. The highest BCUT2D eigenvalue weighted by Crippen LogP contribution is 2.41. The molecule has 0 saturated heterocycles. The number of benzene rings is 3. The van der Waals surface area contributed by atoms with E-state index in [1.165, 1.54) is 16.7 Å². The van der Waals surface area contributed by atoms with E-state index in [4.69, 9.17) is 9.40 Å². The highest BCUT2D eigenvalue weighted by atomic mass is 16.3. The van der Waals surface area contributed by atoms with E-state index in [-0.39, 0.29) is 5.41 Å². The van der Waals surface area contributed by atoms with E-state index in [9.17, 15) is 0 Å². The summed E-state index contributed by atoms with van der Waals surface area (Å²) in [6, 6.07) is 27.4. The van der Waals surface area contributed by atoms with Crippen LogP contribution < -0.4 is 0 Å². The monoisotopic (exact) mass is 391 g/mol. The van der Waals surface area contributed by atoms with Crippen molar-refractivity contribution in [3.63, 3.8) is 0 Å². The third-order valence-electron chi connectivity index (χ3n) is 5.45. The molecule has 0 N–H and O–H groups in total. The molecule has 0 fully saturated rings. The minimum absolute atomic E-state index is 0.227. The smallest absolute Gasteiger partial charge is 0.145 e. The van der Waals surface area contributed by atoms with Gasteiger partial charge in [-0.25, -0.2) is 0 Å². The van der Waals surface area contributed by atoms with Crippen LogP contribution in [0.2, 0.25) is 0 Å². The molecule has 30 heavy (non-hydrogen) atoms. The van der Waals surface area contributed by atoms with Crippen molar-refractivity contribution >= 4 is 21.9 Å². The summed E-state index contributed by atoms with van der Waals surface area (Å²) < 4.78 is 6.40. The second-order valence-electron chi connectivity index (χ2n) is 9.12. The van der Waals surface area contributed by atoms with E-state index in [1.54, 1.807) is 0 Å². The van der Waals surface area contributed by atoms with Crippen molar-refractivity contribution in [2.75, 3.05) is 0 Å². The number of fused-ring (bicyclic) bond motifs is 3. The first-order chi connectivity index (χ1) is 14.5. The third kappa shape index (κ3) is 3.39. The zero-order chi connectivity index (χ0) is 20.7. The average molecular weight is 392 g/mol. The first-order valence-corrected chi connectivity index (χ1v) is 10.4. The first-order valence-electron chi connectivity index (χ1n) is 10.4. The lowest BCUT2D eigenvalue weighted by Gasteiger charge is -2.18. The van der Waals surface area contributed by atoms with Crippen molar-refractivity contribution in [2.45, 2.75) is 27.2 Å². The van der Waals surface area contributed by atoms with Crippen molar-refractivity contribution in [3.05, 3.63) is 90.6 Å². The van der Waals surface area contributed by atoms with Crippen molar-refractivity contribution in [2.24, 2.45) is 5.41 Å². The van der Waals surface area contributed by atoms with Crippen molar-refractivity contribution in [1.82, 2.24) is 4.98 Å². The lowest BCUT2D eigenvalue weighted by atomic mass is 9.88. The van der Waals surface area contributed by atoms with Crippen LogP contribution in [0.4, 0.5) is 0 Å². The van der Waals surface area contributed by atoms with Gasteiger partial charge in [0, 0.05) is 22.5 Å². The Morgan fingerprint density at radius 3 is 2.33 bits per heavy atom. The van der Waals surface area contributed by atoms with Crippen molar-refractivity contribution in [1.29, 1.82) is 0 Å². The van der Waals surface area contributed by atoms with E-state index in [2.05, 4.69) is 81.4 Å². The standard InChI is InChI=1S/C28H25NO/c1-28(2,3)18-19-15-16-29-24(17-19)22-14-13-21(20-9-5-4-6-10-20)26-23-11-7-8-12-25(23)30-27(22)26/h4-17H,18H2,1-3H3. The Balaban J connectivity index is 1.77. The molecule has 0 aliphatic carbocycles. The summed E-state index contributed by atoms with van der Waals surface area (Å²) in [6.07, 6.45) is 2.92. The number of nitrogens with zero attached hydrogens (tertiary/aromatic N) is 1. The maximum Gasteiger partial charge on any atom is 0.145 e. The molecule has 5 aromatic rings. The van der Waals surface area contributed by atoms with E-state index >= 15 is 0 Å². The summed E-state index contributed by atoms with van der Waals surface area (Å²) >= 11 is 0. The number of pyridine rings is 1. The zero-order valence-electron chi connectivity index (χ0n) is 17.6. The molecule has 0 unspecified atom stereocenters. The van der Waals surface area contributed by atoms with E-state index < -0.39 is 0 Å². The number of para-hydroxylation sites is 1. The third-order valence-corrected chi connectivity index (χ3v) is 5.45. The van der Waals surface area contributed by atoms with Crippen LogP contribution in [-0.2, 0) is 6.42 Å². The van der Waals surface area contributed by atoms with Crippen molar-refractivity contribution < 1.29 is 4.42 Å². The molecule has 2 nitrogen and oxygen atoms in total. The summed E-state index contributed by atoms with van der Waals surface area (Å²) in [7, 11) is 0. The van der Waals surface area contributed by atoms with Crippen LogP contribution in [0, 0.1) is 5.41 Å². The van der Waals surface area contributed by atoms with Gasteiger partial charge in [0.1, 0.15) is 11.2 Å². The summed E-state index contributed by atoms with van der Waals surface area (Å²) in [5, 5.41) is 2.29. The van der Waals surface area contributed by atoms with Gasteiger partial charge in [-0.15, -0.1) is 0 Å². The molecule has 0 radical (unpaired) electrons. The van der Waals surface area contributed by atoms with Crippen LogP contribution in [0.15, 0.2) is 89.5 Å². The van der Waals surface area contributed by atoms with Gasteiger partial charge in [-0.2, -0.15) is 0 Å². The molecule has 148 valence electrons. The molecule has 0 atom stereocenters. The molecular weight excluding hydrogens is 366 g/mol. The summed E-state index contributed by atoms with van der Waals surface area (Å²) in [5.74, 6) is 0. The Labute approximate surface area is 177 Å². The minimum atomic E-state index is 0.227. The number of rotatable bonds is 3. The van der Waals surface area contributed by atoms with Gasteiger partial charge in [-0.05, 0) is 52.8 Å². The largest absolute Gasteiger partial charge is 0.455 e. The lowest BCUT2D eigenvalue weighted by molar-refractivity contribution is 0.411. The van der Waals surface area contributed by atoms with Crippen LogP contribution >= 0.6 is 0 Å². The summed E-state index contributed by atoms with van der Waals surface area (Å²) in [5.41, 5.74) is 7.70. The van der Waals surface area contributed by atoms with Crippen LogP contribution in [-0.4, -0.2) is 4.98 Å². The molecule has 0 aliphatic heterocycles. The van der Waals surface area contributed by atoms with Gasteiger partial charge in [0.05, 0.1) is 5.69 Å². The van der Waals surface area contributed by atoms with Crippen LogP contribution in [0.25, 0.3) is 44.3 Å². The fourth-order valence-corrected chi connectivity index (χ4v) is 4.23. The molecule has 0 bridgehead atoms. The molecular formula is C28H25NO. The van der Waals surface area contributed by atoms with Gasteiger partial charge in [0.2, 0.25) is 0 Å². The maximum atomic E-state index is 6.40. The van der Waals surface area contributed by atoms with Crippen LogP contribution in [0.1, 0.15) is 26.3 Å². The molecule has 0 saturated carbocycles. The number of hydrogen-bond donors (Lipinski definition) is 0. The predicted octanol–water partition coefficient (Wildman–Crippen LogP) is 7.90. The SMILES string of the molecule is CC(C)(C)Cc1ccnc(-c2ccc(-c3ccccc3)c3c2oc2ccccc23)c1. The molecule has 0 spiro atoms. The van der Waals surface area contributed by atoms with E-state index in [1.807, 2.05) is 24.4 Å². The molecule has 0 amide bonds. The minimum Gasteiger partial charge on any atom is -0.455 e. The van der Waals surface area contributed by atoms with Gasteiger partial charge in [0.15, 0.2) is 0 Å². The fraction of sp³-hybridized carbons (Fsp3) is 0.179. The van der Waals surface area contributed by atoms with Crippen LogP contribution in [0.3, 0.4) is 0 Å². The average Bonchev–Trinajstić information content (AvgIpc) is 3.12. The lowest BCUT2D eigenvalue weighted by Crippen LogP contribution is -2.09. The fourth-order valence-electron chi connectivity index (χ4n) is 4.23. The van der Waals surface area contributed by atoms with E-state index in [0.29, 0.717) is 0 Å².